The molecule has 2 aromatic carbocycles. The molecular weight excluding hydrogens is 394 g/mol. The second kappa shape index (κ2) is 9.64. The van der Waals surface area contributed by atoms with Gasteiger partial charge in [-0.2, -0.15) is 0 Å². The first-order chi connectivity index (χ1) is 14.8. The zero-order valence-corrected chi connectivity index (χ0v) is 18.4. The lowest BCUT2D eigenvalue weighted by atomic mass is 10.1. The molecule has 1 heterocycles. The van der Waals surface area contributed by atoms with Gasteiger partial charge < -0.3 is 19.9 Å². The third-order valence-electron chi connectivity index (χ3n) is 5.63. The number of piperazine rings is 1. The van der Waals surface area contributed by atoms with E-state index >= 15 is 0 Å². The monoisotopic (exact) mass is 423 g/mol. The molecule has 3 amide bonds. The SMILES string of the molecule is CNC(=O)c1cccc(O[C@H](C)C(=O)N2CCN(C(=O)c3ccccc3)C[C@H]2C)c1C. The van der Waals surface area contributed by atoms with E-state index < -0.39 is 6.10 Å². The van der Waals surface area contributed by atoms with E-state index in [4.69, 9.17) is 4.74 Å². The van der Waals surface area contributed by atoms with E-state index in [1.54, 1.807) is 61.0 Å². The molecule has 0 bridgehead atoms. The zero-order chi connectivity index (χ0) is 22.5. The quantitative estimate of drug-likeness (QED) is 0.802. The lowest BCUT2D eigenvalue weighted by molar-refractivity contribution is -0.142. The summed E-state index contributed by atoms with van der Waals surface area (Å²) in [6, 6.07) is 14.3. The van der Waals surface area contributed by atoms with Gasteiger partial charge in [0.05, 0.1) is 0 Å². The molecule has 0 unspecified atom stereocenters. The zero-order valence-electron chi connectivity index (χ0n) is 18.4. The van der Waals surface area contributed by atoms with Crippen molar-refractivity contribution in [1.82, 2.24) is 15.1 Å². The summed E-state index contributed by atoms with van der Waals surface area (Å²) >= 11 is 0. The van der Waals surface area contributed by atoms with Crippen molar-refractivity contribution < 1.29 is 19.1 Å². The van der Waals surface area contributed by atoms with E-state index in [-0.39, 0.29) is 23.8 Å². The molecule has 0 aromatic heterocycles. The van der Waals surface area contributed by atoms with Gasteiger partial charge in [-0.25, -0.2) is 0 Å². The minimum absolute atomic E-state index is 0.0227. The fourth-order valence-electron chi connectivity index (χ4n) is 3.83. The second-order valence-electron chi connectivity index (χ2n) is 7.77. The Morgan fingerprint density at radius 2 is 1.77 bits per heavy atom. The minimum atomic E-state index is -0.711. The number of nitrogens with zero attached hydrogens (tertiary/aromatic N) is 2. The highest BCUT2D eigenvalue weighted by Crippen LogP contribution is 2.24. The van der Waals surface area contributed by atoms with Crippen molar-refractivity contribution in [3.05, 3.63) is 65.2 Å². The van der Waals surface area contributed by atoms with Gasteiger partial charge in [0.2, 0.25) is 0 Å². The second-order valence-corrected chi connectivity index (χ2v) is 7.77. The average molecular weight is 424 g/mol. The van der Waals surface area contributed by atoms with Gasteiger partial charge in [-0.05, 0) is 45.0 Å². The van der Waals surface area contributed by atoms with Gasteiger partial charge in [-0.15, -0.1) is 0 Å². The molecule has 7 heteroatoms. The van der Waals surface area contributed by atoms with Crippen LogP contribution in [0.5, 0.6) is 5.75 Å². The molecule has 3 rings (SSSR count). The number of rotatable bonds is 5. The number of benzene rings is 2. The maximum atomic E-state index is 13.1. The van der Waals surface area contributed by atoms with E-state index in [0.717, 1.165) is 0 Å². The topological polar surface area (TPSA) is 79.0 Å². The molecule has 1 N–H and O–H groups in total. The molecule has 0 spiro atoms. The van der Waals surface area contributed by atoms with Crippen molar-refractivity contribution in [2.75, 3.05) is 26.7 Å². The molecule has 2 atom stereocenters. The Labute approximate surface area is 183 Å². The fraction of sp³-hybridized carbons (Fsp3) is 0.375. The van der Waals surface area contributed by atoms with E-state index in [9.17, 15) is 14.4 Å². The van der Waals surface area contributed by atoms with Crippen molar-refractivity contribution >= 4 is 17.7 Å². The van der Waals surface area contributed by atoms with E-state index in [2.05, 4.69) is 5.32 Å². The third-order valence-corrected chi connectivity index (χ3v) is 5.63. The summed E-state index contributed by atoms with van der Waals surface area (Å²) in [7, 11) is 1.57. The highest BCUT2D eigenvalue weighted by atomic mass is 16.5. The van der Waals surface area contributed by atoms with E-state index in [1.807, 2.05) is 25.1 Å². The Morgan fingerprint density at radius 3 is 2.42 bits per heavy atom. The van der Waals surface area contributed by atoms with Gasteiger partial charge in [0.25, 0.3) is 17.7 Å². The number of nitrogens with one attached hydrogen (secondary N) is 1. The van der Waals surface area contributed by atoms with Crippen molar-refractivity contribution in [2.24, 2.45) is 0 Å². The minimum Gasteiger partial charge on any atom is -0.481 e. The molecule has 1 aliphatic rings. The van der Waals surface area contributed by atoms with Crippen LogP contribution in [0, 0.1) is 6.92 Å². The highest BCUT2D eigenvalue weighted by molar-refractivity contribution is 5.96. The first-order valence-corrected chi connectivity index (χ1v) is 10.5. The first kappa shape index (κ1) is 22.3. The Kier molecular flexibility index (Phi) is 6.95. The summed E-state index contributed by atoms with van der Waals surface area (Å²) in [5, 5.41) is 2.61. The van der Waals surface area contributed by atoms with Crippen LogP contribution in [0.4, 0.5) is 0 Å². The van der Waals surface area contributed by atoms with Crippen molar-refractivity contribution in [3.8, 4) is 5.75 Å². The van der Waals surface area contributed by atoms with Crippen LogP contribution in [0.3, 0.4) is 0 Å². The molecule has 0 aliphatic carbocycles. The predicted molar refractivity (Wildman–Crippen MR) is 118 cm³/mol. The molecule has 0 saturated carbocycles. The molecule has 1 saturated heterocycles. The lowest BCUT2D eigenvalue weighted by Crippen LogP contribution is -2.57. The molecule has 1 aliphatic heterocycles. The van der Waals surface area contributed by atoms with Crippen LogP contribution in [-0.4, -0.2) is 66.3 Å². The largest absolute Gasteiger partial charge is 0.481 e. The van der Waals surface area contributed by atoms with Gasteiger partial charge in [-0.1, -0.05) is 24.3 Å². The average Bonchev–Trinajstić information content (AvgIpc) is 2.79. The standard InChI is InChI=1S/C24H29N3O4/c1-16-15-26(24(30)19-9-6-5-7-10-19)13-14-27(16)23(29)18(3)31-21-12-8-11-20(17(21)2)22(28)25-4/h5-12,16,18H,13-15H2,1-4H3,(H,25,28)/t16-,18-/m1/s1. The molecule has 164 valence electrons. The summed E-state index contributed by atoms with van der Waals surface area (Å²) in [5.74, 6) is 0.150. The van der Waals surface area contributed by atoms with Crippen LogP contribution in [0.15, 0.2) is 48.5 Å². The molecular formula is C24H29N3O4. The molecule has 7 nitrogen and oxygen atoms in total. The summed E-state index contributed by atoms with van der Waals surface area (Å²) in [5.41, 5.74) is 1.85. The maximum absolute atomic E-state index is 13.1. The van der Waals surface area contributed by atoms with Crippen molar-refractivity contribution in [2.45, 2.75) is 32.9 Å². The number of carbonyl (C=O) groups excluding carboxylic acids is 3. The highest BCUT2D eigenvalue weighted by Gasteiger charge is 2.33. The van der Waals surface area contributed by atoms with Crippen LogP contribution >= 0.6 is 0 Å². The number of hydrogen-bond donors (Lipinski definition) is 1. The van der Waals surface area contributed by atoms with Crippen molar-refractivity contribution in [3.63, 3.8) is 0 Å². The Balaban J connectivity index is 1.64. The lowest BCUT2D eigenvalue weighted by Gasteiger charge is -2.40. The number of ether oxygens (including phenoxy) is 1. The van der Waals surface area contributed by atoms with Crippen LogP contribution in [0.1, 0.15) is 40.1 Å². The summed E-state index contributed by atoms with van der Waals surface area (Å²) in [4.78, 5) is 41.3. The van der Waals surface area contributed by atoms with Crippen LogP contribution in [-0.2, 0) is 4.79 Å². The summed E-state index contributed by atoms with van der Waals surface area (Å²) in [6.45, 7) is 6.84. The van der Waals surface area contributed by atoms with Gasteiger partial charge in [0.15, 0.2) is 6.10 Å². The van der Waals surface area contributed by atoms with Crippen LogP contribution in [0.25, 0.3) is 0 Å². The normalized spacial score (nSPS) is 17.1. The van der Waals surface area contributed by atoms with Crippen molar-refractivity contribution in [1.29, 1.82) is 0 Å². The van der Waals surface area contributed by atoms with Gasteiger partial charge in [-0.3, -0.25) is 14.4 Å². The summed E-state index contributed by atoms with van der Waals surface area (Å²) in [6.07, 6.45) is -0.711. The molecule has 1 fully saturated rings. The fourth-order valence-corrected chi connectivity index (χ4v) is 3.83. The Bertz CT molecular complexity index is 961. The van der Waals surface area contributed by atoms with Crippen LogP contribution in [0.2, 0.25) is 0 Å². The van der Waals surface area contributed by atoms with Gasteiger partial charge in [0.1, 0.15) is 5.75 Å². The number of amides is 3. The number of hydrogen-bond acceptors (Lipinski definition) is 4. The Morgan fingerprint density at radius 1 is 1.06 bits per heavy atom. The van der Waals surface area contributed by atoms with Crippen LogP contribution < -0.4 is 10.1 Å². The maximum Gasteiger partial charge on any atom is 0.263 e. The van der Waals surface area contributed by atoms with E-state index in [0.29, 0.717) is 42.1 Å². The first-order valence-electron chi connectivity index (χ1n) is 10.5. The third kappa shape index (κ3) is 4.87. The predicted octanol–water partition coefficient (Wildman–Crippen LogP) is 2.50. The smallest absolute Gasteiger partial charge is 0.263 e. The number of carbonyl (C=O) groups is 3. The van der Waals surface area contributed by atoms with Gasteiger partial charge in [0, 0.05) is 49.4 Å². The molecule has 31 heavy (non-hydrogen) atoms. The molecule has 0 radical (unpaired) electrons. The van der Waals surface area contributed by atoms with E-state index in [1.165, 1.54) is 0 Å². The summed E-state index contributed by atoms with van der Waals surface area (Å²) < 4.78 is 5.94. The Hall–Kier alpha value is -3.35. The van der Waals surface area contributed by atoms with Gasteiger partial charge >= 0.3 is 0 Å². The molecule has 2 aromatic rings.